The SMILES string of the molecule is O=C(O)c1cn(CCNC(=O)C2C3C4CCC(C4)C23)nn1. The second kappa shape index (κ2) is 4.54. The Morgan fingerprint density at radius 3 is 2.67 bits per heavy atom. The first-order valence-electron chi connectivity index (χ1n) is 7.56. The Hall–Kier alpha value is -1.92. The van der Waals surface area contributed by atoms with Crippen molar-refractivity contribution in [2.45, 2.75) is 25.8 Å². The Bertz CT molecular complexity index is 583. The van der Waals surface area contributed by atoms with Crippen molar-refractivity contribution in [2.75, 3.05) is 6.54 Å². The van der Waals surface area contributed by atoms with E-state index in [1.165, 1.54) is 30.1 Å². The molecule has 1 aromatic rings. The van der Waals surface area contributed by atoms with E-state index in [0.717, 1.165) is 11.8 Å². The first-order chi connectivity index (χ1) is 10.1. The van der Waals surface area contributed by atoms with Crippen molar-refractivity contribution in [3.8, 4) is 0 Å². The van der Waals surface area contributed by atoms with Crippen LogP contribution >= 0.6 is 0 Å². The monoisotopic (exact) mass is 290 g/mol. The van der Waals surface area contributed by atoms with E-state index in [9.17, 15) is 9.59 Å². The van der Waals surface area contributed by atoms with Gasteiger partial charge in [-0.1, -0.05) is 5.21 Å². The van der Waals surface area contributed by atoms with Crippen LogP contribution in [0.25, 0.3) is 0 Å². The highest BCUT2D eigenvalue weighted by molar-refractivity contribution is 5.84. The van der Waals surface area contributed by atoms with Crippen LogP contribution in [0.15, 0.2) is 6.20 Å². The normalized spacial score (nSPS) is 35.5. The molecule has 0 radical (unpaired) electrons. The molecule has 1 heterocycles. The van der Waals surface area contributed by atoms with Gasteiger partial charge in [0.15, 0.2) is 5.69 Å². The summed E-state index contributed by atoms with van der Waals surface area (Å²) in [4.78, 5) is 22.9. The fourth-order valence-corrected chi connectivity index (χ4v) is 4.59. The van der Waals surface area contributed by atoms with E-state index in [4.69, 9.17) is 5.11 Å². The summed E-state index contributed by atoms with van der Waals surface area (Å²) < 4.78 is 1.45. The van der Waals surface area contributed by atoms with E-state index in [0.29, 0.717) is 24.9 Å². The van der Waals surface area contributed by atoms with Gasteiger partial charge in [-0.25, -0.2) is 9.48 Å². The summed E-state index contributed by atoms with van der Waals surface area (Å²) in [6.45, 7) is 0.910. The largest absolute Gasteiger partial charge is 0.476 e. The summed E-state index contributed by atoms with van der Waals surface area (Å²) in [6.07, 6.45) is 5.34. The van der Waals surface area contributed by atoms with Crippen molar-refractivity contribution in [1.29, 1.82) is 0 Å². The number of fused-ring (bicyclic) bond motifs is 5. The van der Waals surface area contributed by atoms with Gasteiger partial charge in [-0.3, -0.25) is 4.79 Å². The number of carboxylic acid groups (broad SMARTS) is 1. The summed E-state index contributed by atoms with van der Waals surface area (Å²) >= 11 is 0. The number of hydrogen-bond donors (Lipinski definition) is 2. The molecule has 0 spiro atoms. The third-order valence-corrected chi connectivity index (χ3v) is 5.44. The number of aromatic carboxylic acids is 1. The van der Waals surface area contributed by atoms with Gasteiger partial charge in [0.2, 0.25) is 5.91 Å². The Labute approximate surface area is 121 Å². The minimum atomic E-state index is -1.09. The van der Waals surface area contributed by atoms with Crippen LogP contribution in [0.3, 0.4) is 0 Å². The number of aromatic nitrogens is 3. The molecule has 2 bridgehead atoms. The summed E-state index contributed by atoms with van der Waals surface area (Å²) in [5.74, 6) is 2.20. The quantitative estimate of drug-likeness (QED) is 0.817. The molecule has 3 aliphatic rings. The topological polar surface area (TPSA) is 97.1 Å². The van der Waals surface area contributed by atoms with Gasteiger partial charge in [0.1, 0.15) is 0 Å². The molecular weight excluding hydrogens is 272 g/mol. The highest BCUT2D eigenvalue weighted by Crippen LogP contribution is 2.69. The van der Waals surface area contributed by atoms with Crippen molar-refractivity contribution < 1.29 is 14.7 Å². The molecule has 3 aliphatic carbocycles. The second-order valence-electron chi connectivity index (χ2n) is 6.48. The zero-order valence-corrected chi connectivity index (χ0v) is 11.6. The van der Waals surface area contributed by atoms with Crippen LogP contribution in [0.2, 0.25) is 0 Å². The highest BCUT2D eigenvalue weighted by Gasteiger charge is 2.67. The molecule has 0 saturated heterocycles. The molecule has 1 aromatic heterocycles. The van der Waals surface area contributed by atoms with Crippen LogP contribution in [0, 0.1) is 29.6 Å². The number of rotatable bonds is 5. The van der Waals surface area contributed by atoms with Crippen LogP contribution in [-0.2, 0) is 11.3 Å². The molecule has 7 nitrogen and oxygen atoms in total. The predicted octanol–water partition coefficient (Wildman–Crippen LogP) is 0.385. The van der Waals surface area contributed by atoms with Crippen molar-refractivity contribution in [3.05, 3.63) is 11.9 Å². The Morgan fingerprint density at radius 2 is 2.05 bits per heavy atom. The maximum absolute atomic E-state index is 12.2. The van der Waals surface area contributed by atoms with Crippen LogP contribution in [-0.4, -0.2) is 38.5 Å². The fourth-order valence-electron chi connectivity index (χ4n) is 4.59. The third-order valence-electron chi connectivity index (χ3n) is 5.44. The molecule has 2 N–H and O–H groups in total. The lowest BCUT2D eigenvalue weighted by molar-refractivity contribution is -0.123. The highest BCUT2D eigenvalue weighted by atomic mass is 16.4. The summed E-state index contributed by atoms with van der Waals surface area (Å²) in [5, 5.41) is 19.0. The van der Waals surface area contributed by atoms with Gasteiger partial charge in [-0.2, -0.15) is 0 Å². The molecule has 0 aliphatic heterocycles. The van der Waals surface area contributed by atoms with Gasteiger partial charge >= 0.3 is 5.97 Å². The Kier molecular flexibility index (Phi) is 2.77. The minimum absolute atomic E-state index is 0.0744. The number of carbonyl (C=O) groups is 2. The Morgan fingerprint density at radius 1 is 1.33 bits per heavy atom. The lowest BCUT2D eigenvalue weighted by atomic mass is 10.0. The number of carboxylic acids is 1. The molecule has 1 amide bonds. The lowest BCUT2D eigenvalue weighted by Crippen LogP contribution is -2.30. The number of nitrogens with one attached hydrogen (secondary N) is 1. The van der Waals surface area contributed by atoms with E-state index in [2.05, 4.69) is 15.6 Å². The van der Waals surface area contributed by atoms with Crippen LogP contribution in [0.5, 0.6) is 0 Å². The molecule has 4 rings (SSSR count). The third kappa shape index (κ3) is 2.02. The van der Waals surface area contributed by atoms with Gasteiger partial charge in [0.05, 0.1) is 12.7 Å². The van der Waals surface area contributed by atoms with Crippen LogP contribution in [0.1, 0.15) is 29.8 Å². The number of nitrogens with zero attached hydrogens (tertiary/aromatic N) is 3. The van der Waals surface area contributed by atoms with Crippen molar-refractivity contribution in [2.24, 2.45) is 29.6 Å². The first-order valence-corrected chi connectivity index (χ1v) is 7.56. The van der Waals surface area contributed by atoms with Gasteiger partial charge < -0.3 is 10.4 Å². The molecule has 3 saturated carbocycles. The van der Waals surface area contributed by atoms with Crippen molar-refractivity contribution in [3.63, 3.8) is 0 Å². The molecule has 3 fully saturated rings. The van der Waals surface area contributed by atoms with Crippen molar-refractivity contribution in [1.82, 2.24) is 20.3 Å². The number of amides is 1. The molecule has 0 aromatic carbocycles. The zero-order chi connectivity index (χ0) is 14.6. The fraction of sp³-hybridized carbons (Fsp3) is 0.714. The second-order valence-corrected chi connectivity index (χ2v) is 6.48. The summed E-state index contributed by atoms with van der Waals surface area (Å²) in [5.41, 5.74) is -0.0744. The average molecular weight is 290 g/mol. The maximum Gasteiger partial charge on any atom is 0.358 e. The van der Waals surface area contributed by atoms with Gasteiger partial charge in [0.25, 0.3) is 0 Å². The van der Waals surface area contributed by atoms with E-state index < -0.39 is 5.97 Å². The van der Waals surface area contributed by atoms with E-state index in [1.807, 2.05) is 0 Å². The molecular formula is C14H18N4O3. The van der Waals surface area contributed by atoms with Crippen LogP contribution in [0.4, 0.5) is 0 Å². The number of carbonyl (C=O) groups excluding carboxylic acids is 1. The average Bonchev–Trinajstić information content (AvgIpc) is 2.85. The summed E-state index contributed by atoms with van der Waals surface area (Å²) in [7, 11) is 0. The predicted molar refractivity (Wildman–Crippen MR) is 71.3 cm³/mol. The molecule has 4 atom stereocenters. The van der Waals surface area contributed by atoms with E-state index in [-0.39, 0.29) is 17.5 Å². The molecule has 4 unspecified atom stereocenters. The first kappa shape index (κ1) is 12.8. The molecule has 7 heteroatoms. The van der Waals surface area contributed by atoms with Gasteiger partial charge in [-0.15, -0.1) is 5.10 Å². The minimum Gasteiger partial charge on any atom is -0.476 e. The maximum atomic E-state index is 12.2. The molecule has 21 heavy (non-hydrogen) atoms. The smallest absolute Gasteiger partial charge is 0.358 e. The van der Waals surface area contributed by atoms with Gasteiger partial charge in [-0.05, 0) is 42.9 Å². The lowest BCUT2D eigenvalue weighted by Gasteiger charge is -2.09. The molecule has 112 valence electrons. The Balaban J connectivity index is 1.26. The van der Waals surface area contributed by atoms with E-state index >= 15 is 0 Å². The summed E-state index contributed by atoms with van der Waals surface area (Å²) in [6, 6.07) is 0. The van der Waals surface area contributed by atoms with Gasteiger partial charge in [0, 0.05) is 12.5 Å². The number of hydrogen-bond acceptors (Lipinski definition) is 4. The van der Waals surface area contributed by atoms with E-state index in [1.54, 1.807) is 0 Å². The zero-order valence-electron chi connectivity index (χ0n) is 11.6. The van der Waals surface area contributed by atoms with Crippen molar-refractivity contribution >= 4 is 11.9 Å². The van der Waals surface area contributed by atoms with Crippen LogP contribution < -0.4 is 5.32 Å². The standard InChI is InChI=1S/C14H18N4O3/c19-13(12-10-7-1-2-8(5-7)11(10)12)15-3-4-18-6-9(14(20)21)16-17-18/h6-8,10-12H,1-5H2,(H,15,19)(H,20,21).